The fraction of sp³-hybridized carbons (Fsp3) is 0.385. The molecule has 3 atom stereocenters. The Morgan fingerprint density at radius 1 is 1.20 bits per heavy atom. The molecule has 222 valence electrons. The van der Waals surface area contributed by atoms with Crippen LogP contribution in [0.2, 0.25) is 0 Å². The molecule has 0 aliphatic carbocycles. The van der Waals surface area contributed by atoms with Gasteiger partial charge in [-0.15, -0.1) is 0 Å². The molecule has 0 spiro atoms. The molecular weight excluding hydrogens is 577 g/mol. The van der Waals surface area contributed by atoms with Gasteiger partial charge in [0.25, 0.3) is 26.0 Å². The molecule has 2 aromatic carbocycles. The molecular formula is C26H32FN5O7S2. The Balaban J connectivity index is 1.68. The van der Waals surface area contributed by atoms with Gasteiger partial charge in [-0.25, -0.2) is 26.2 Å². The number of nitrogens with zero attached hydrogens (tertiary/aromatic N) is 4. The van der Waals surface area contributed by atoms with Gasteiger partial charge in [0.15, 0.2) is 5.03 Å². The largest absolute Gasteiger partial charge is 0.488 e. The van der Waals surface area contributed by atoms with E-state index in [1.807, 2.05) is 6.92 Å². The zero-order chi connectivity index (χ0) is 30.1. The van der Waals surface area contributed by atoms with Gasteiger partial charge in [-0.2, -0.15) is 4.31 Å². The third-order valence-electron chi connectivity index (χ3n) is 6.83. The monoisotopic (exact) mass is 609 g/mol. The Bertz CT molecular complexity index is 1630. The number of carbonyl (C=O) groups excluding carboxylic acids is 1. The number of benzene rings is 2. The zero-order valence-corrected chi connectivity index (χ0v) is 24.6. The van der Waals surface area contributed by atoms with Crippen LogP contribution in [0, 0.1) is 11.7 Å². The average Bonchev–Trinajstić information content (AvgIpc) is 3.37. The quantitative estimate of drug-likeness (QED) is 0.373. The normalized spacial score (nSPS) is 18.8. The Morgan fingerprint density at radius 3 is 2.49 bits per heavy atom. The van der Waals surface area contributed by atoms with Gasteiger partial charge in [0.05, 0.1) is 36.0 Å². The minimum Gasteiger partial charge on any atom is -0.488 e. The maximum atomic E-state index is 13.6. The van der Waals surface area contributed by atoms with Crippen LogP contribution in [0.5, 0.6) is 5.75 Å². The van der Waals surface area contributed by atoms with Crippen molar-refractivity contribution in [1.29, 1.82) is 0 Å². The highest BCUT2D eigenvalue weighted by Gasteiger charge is 2.36. The second-order valence-electron chi connectivity index (χ2n) is 10.1. The molecule has 0 saturated heterocycles. The lowest BCUT2D eigenvalue weighted by Gasteiger charge is -2.38. The van der Waals surface area contributed by atoms with E-state index in [9.17, 15) is 31.1 Å². The van der Waals surface area contributed by atoms with Crippen LogP contribution in [-0.2, 0) is 27.1 Å². The van der Waals surface area contributed by atoms with Crippen LogP contribution in [0.15, 0.2) is 64.9 Å². The van der Waals surface area contributed by atoms with E-state index in [0.717, 1.165) is 28.6 Å². The van der Waals surface area contributed by atoms with E-state index in [0.29, 0.717) is 0 Å². The molecule has 1 aliphatic heterocycles. The second kappa shape index (κ2) is 11.8. The van der Waals surface area contributed by atoms with Crippen LogP contribution in [0.1, 0.15) is 24.2 Å². The Labute approximate surface area is 238 Å². The number of aryl methyl sites for hydroxylation is 1. The first kappa shape index (κ1) is 30.4. The lowest BCUT2D eigenvalue weighted by molar-refractivity contribution is 0.0387. The maximum Gasteiger partial charge on any atom is 0.261 e. The maximum absolute atomic E-state index is 13.6. The highest BCUT2D eigenvalue weighted by atomic mass is 32.2. The van der Waals surface area contributed by atoms with E-state index < -0.39 is 43.9 Å². The molecule has 0 bridgehead atoms. The van der Waals surface area contributed by atoms with Crippen LogP contribution >= 0.6 is 0 Å². The molecule has 15 heteroatoms. The van der Waals surface area contributed by atoms with Gasteiger partial charge in [-0.05, 0) is 49.4 Å². The van der Waals surface area contributed by atoms with Gasteiger partial charge < -0.3 is 19.3 Å². The van der Waals surface area contributed by atoms with Crippen LogP contribution < -0.4 is 9.46 Å². The van der Waals surface area contributed by atoms with Crippen molar-refractivity contribution in [3.63, 3.8) is 0 Å². The van der Waals surface area contributed by atoms with E-state index in [1.165, 1.54) is 47.2 Å². The van der Waals surface area contributed by atoms with Gasteiger partial charge in [0.1, 0.15) is 17.7 Å². The third-order valence-corrected chi connectivity index (χ3v) is 9.94. The van der Waals surface area contributed by atoms with E-state index in [2.05, 4.69) is 9.71 Å². The summed E-state index contributed by atoms with van der Waals surface area (Å²) < 4.78 is 76.5. The number of halogens is 1. The minimum absolute atomic E-state index is 0.0248. The standard InChI is InChI=1S/C26H32FN5O7S2/c1-17-12-32(18(2)15-33)26(34)22-11-20(29-40(35,36)21-8-5-19(27)6-9-21)7-10-23(22)39-24(17)13-31(4)41(37,38)25-14-30(3)16-28-25/h5-11,14,16-18,24,29,33H,12-13,15H2,1-4H3/t17-,18+,24+/m0/s1. The Morgan fingerprint density at radius 2 is 1.88 bits per heavy atom. The predicted molar refractivity (Wildman–Crippen MR) is 148 cm³/mol. The summed E-state index contributed by atoms with van der Waals surface area (Å²) >= 11 is 0. The van der Waals surface area contributed by atoms with Crippen molar-refractivity contribution in [2.75, 3.05) is 31.5 Å². The van der Waals surface area contributed by atoms with Gasteiger partial charge in [0, 0.05) is 38.4 Å². The van der Waals surface area contributed by atoms with E-state index >= 15 is 0 Å². The number of carbonyl (C=O) groups is 1. The van der Waals surface area contributed by atoms with Crippen molar-refractivity contribution >= 4 is 31.6 Å². The number of ether oxygens (including phenoxy) is 1. The highest BCUT2D eigenvalue weighted by Crippen LogP contribution is 2.32. The van der Waals surface area contributed by atoms with Gasteiger partial charge in [0.2, 0.25) is 0 Å². The van der Waals surface area contributed by atoms with Crippen LogP contribution in [0.3, 0.4) is 0 Å². The number of aromatic nitrogens is 2. The summed E-state index contributed by atoms with van der Waals surface area (Å²) in [5.41, 5.74) is 0.0818. The van der Waals surface area contributed by atoms with Gasteiger partial charge in [-0.1, -0.05) is 6.92 Å². The number of hydrogen-bond donors (Lipinski definition) is 2. The first-order valence-corrected chi connectivity index (χ1v) is 15.6. The number of rotatable bonds is 9. The minimum atomic E-state index is -4.10. The van der Waals surface area contributed by atoms with Crippen molar-refractivity contribution in [3.05, 3.63) is 66.4 Å². The Hall–Kier alpha value is -3.53. The Kier molecular flexibility index (Phi) is 8.73. The number of imidazole rings is 1. The fourth-order valence-electron chi connectivity index (χ4n) is 4.37. The SMILES string of the molecule is C[C@H](CO)N1C[C@H](C)[C@@H](CN(C)S(=O)(=O)c2cn(C)cn2)Oc2ccc(NS(=O)(=O)c3ccc(F)cc3)cc2C1=O. The molecule has 0 unspecified atom stereocenters. The third kappa shape index (κ3) is 6.53. The first-order valence-electron chi connectivity index (χ1n) is 12.7. The number of aliphatic hydroxyl groups is 1. The van der Waals surface area contributed by atoms with Gasteiger partial charge >= 0.3 is 0 Å². The molecule has 1 aromatic heterocycles. The first-order chi connectivity index (χ1) is 19.2. The molecule has 2 heterocycles. The molecule has 0 fully saturated rings. The van der Waals surface area contributed by atoms with Crippen molar-refractivity contribution in [2.45, 2.75) is 35.9 Å². The number of hydrogen-bond acceptors (Lipinski definition) is 8. The van der Waals surface area contributed by atoms with Crippen molar-refractivity contribution in [1.82, 2.24) is 18.8 Å². The van der Waals surface area contributed by atoms with Crippen LogP contribution in [0.4, 0.5) is 10.1 Å². The summed E-state index contributed by atoms with van der Waals surface area (Å²) in [6.07, 6.45) is 2.05. The number of sulfonamides is 2. The summed E-state index contributed by atoms with van der Waals surface area (Å²) in [5.74, 6) is -1.33. The summed E-state index contributed by atoms with van der Waals surface area (Å²) in [7, 11) is -4.98. The van der Waals surface area contributed by atoms with Crippen molar-refractivity contribution < 1.29 is 35.9 Å². The number of nitrogens with one attached hydrogen (secondary N) is 1. The van der Waals surface area contributed by atoms with Gasteiger partial charge in [-0.3, -0.25) is 9.52 Å². The van der Waals surface area contributed by atoms with Crippen LogP contribution in [-0.4, -0.2) is 85.5 Å². The highest BCUT2D eigenvalue weighted by molar-refractivity contribution is 7.92. The molecule has 4 rings (SSSR count). The number of anilines is 1. The summed E-state index contributed by atoms with van der Waals surface area (Å²) in [6.45, 7) is 3.21. The molecule has 1 amide bonds. The smallest absolute Gasteiger partial charge is 0.261 e. The summed E-state index contributed by atoms with van der Waals surface area (Å²) in [4.78, 5) is 18.9. The van der Waals surface area contributed by atoms with E-state index in [-0.39, 0.29) is 52.5 Å². The fourth-order valence-corrected chi connectivity index (χ4v) is 6.56. The zero-order valence-electron chi connectivity index (χ0n) is 22.9. The molecule has 2 N–H and O–H groups in total. The number of fused-ring (bicyclic) bond motifs is 1. The van der Waals surface area contributed by atoms with Crippen LogP contribution in [0.25, 0.3) is 0 Å². The number of likely N-dealkylation sites (N-methyl/N-ethyl adjacent to an activating group) is 1. The number of aliphatic hydroxyl groups excluding tert-OH is 1. The molecule has 12 nitrogen and oxygen atoms in total. The topological polar surface area (TPSA) is 151 Å². The lowest BCUT2D eigenvalue weighted by atomic mass is 9.99. The lowest BCUT2D eigenvalue weighted by Crippen LogP contribution is -2.50. The van der Waals surface area contributed by atoms with Crippen molar-refractivity contribution in [3.8, 4) is 5.75 Å². The molecule has 3 aromatic rings. The summed E-state index contributed by atoms with van der Waals surface area (Å²) in [5, 5.41) is 9.74. The molecule has 0 saturated carbocycles. The number of amides is 1. The molecule has 41 heavy (non-hydrogen) atoms. The van der Waals surface area contributed by atoms with Crippen molar-refractivity contribution in [2.24, 2.45) is 13.0 Å². The molecule has 1 aliphatic rings. The predicted octanol–water partition coefficient (Wildman–Crippen LogP) is 1.90. The van der Waals surface area contributed by atoms with E-state index in [1.54, 1.807) is 14.0 Å². The molecule has 0 radical (unpaired) electrons. The van der Waals surface area contributed by atoms with E-state index in [4.69, 9.17) is 4.74 Å². The average molecular weight is 610 g/mol. The second-order valence-corrected chi connectivity index (χ2v) is 13.7. The summed E-state index contributed by atoms with van der Waals surface area (Å²) in [6, 6.07) is 7.83.